The van der Waals surface area contributed by atoms with Crippen molar-refractivity contribution in [2.75, 3.05) is 11.9 Å². The third kappa shape index (κ3) is 2.99. The van der Waals surface area contributed by atoms with Crippen molar-refractivity contribution in [1.82, 2.24) is 9.97 Å². The van der Waals surface area contributed by atoms with E-state index in [0.717, 1.165) is 45.3 Å². The van der Waals surface area contributed by atoms with Crippen molar-refractivity contribution in [3.8, 4) is 11.3 Å². The Kier molecular flexibility index (Phi) is 3.83. The van der Waals surface area contributed by atoms with E-state index in [2.05, 4.69) is 34.6 Å². The fourth-order valence-electron chi connectivity index (χ4n) is 3.74. The van der Waals surface area contributed by atoms with Crippen LogP contribution in [0.15, 0.2) is 48.5 Å². The number of benzene rings is 2. The van der Waals surface area contributed by atoms with Crippen LogP contribution in [0.5, 0.6) is 0 Å². The van der Waals surface area contributed by atoms with Gasteiger partial charge in [-0.15, -0.1) is 0 Å². The van der Waals surface area contributed by atoms with E-state index in [4.69, 9.17) is 4.98 Å². The molecule has 1 aliphatic rings. The number of carboxylic acid groups (broad SMARTS) is 1. The molecule has 2 aromatic heterocycles. The average Bonchev–Trinajstić information content (AvgIpc) is 3.44. The quantitative estimate of drug-likeness (QED) is 0.450. The molecule has 0 saturated heterocycles. The first kappa shape index (κ1) is 16.8. The minimum atomic E-state index is -0.919. The summed E-state index contributed by atoms with van der Waals surface area (Å²) in [4.78, 5) is 19.8. The van der Waals surface area contributed by atoms with Gasteiger partial charge < -0.3 is 15.4 Å². The molecule has 5 heteroatoms. The SMILES string of the molecule is Cc1cc2cc(-c3ccc4c(NCC5CC5)c(C(=O)O)ccc4n3)ccc2[nH]1. The van der Waals surface area contributed by atoms with E-state index in [0.29, 0.717) is 17.2 Å². The highest BCUT2D eigenvalue weighted by molar-refractivity contribution is 6.05. The van der Waals surface area contributed by atoms with E-state index in [1.807, 2.05) is 19.1 Å². The molecular formula is C23H21N3O2. The van der Waals surface area contributed by atoms with Gasteiger partial charge in [0.05, 0.1) is 22.5 Å². The summed E-state index contributed by atoms with van der Waals surface area (Å²) in [5.41, 5.74) is 5.93. The maximum atomic E-state index is 11.7. The van der Waals surface area contributed by atoms with Crippen molar-refractivity contribution in [2.45, 2.75) is 19.8 Å². The van der Waals surface area contributed by atoms with Gasteiger partial charge in [0.15, 0.2) is 0 Å². The zero-order valence-electron chi connectivity index (χ0n) is 15.6. The highest BCUT2D eigenvalue weighted by Crippen LogP contribution is 2.33. The van der Waals surface area contributed by atoms with Crippen LogP contribution in [0.4, 0.5) is 5.69 Å². The Morgan fingerprint density at radius 3 is 2.82 bits per heavy atom. The zero-order chi connectivity index (χ0) is 19.3. The summed E-state index contributed by atoms with van der Waals surface area (Å²) in [6.45, 7) is 2.86. The predicted molar refractivity (Wildman–Crippen MR) is 112 cm³/mol. The molecule has 140 valence electrons. The van der Waals surface area contributed by atoms with E-state index in [-0.39, 0.29) is 0 Å². The lowest BCUT2D eigenvalue weighted by molar-refractivity contribution is 0.0698. The number of rotatable bonds is 5. The molecule has 0 bridgehead atoms. The molecule has 0 amide bonds. The number of carboxylic acids is 1. The van der Waals surface area contributed by atoms with Crippen molar-refractivity contribution < 1.29 is 9.90 Å². The van der Waals surface area contributed by atoms with Crippen LogP contribution in [-0.2, 0) is 0 Å². The smallest absolute Gasteiger partial charge is 0.337 e. The number of aromatic nitrogens is 2. The zero-order valence-corrected chi connectivity index (χ0v) is 15.6. The fraction of sp³-hybridized carbons (Fsp3) is 0.217. The summed E-state index contributed by atoms with van der Waals surface area (Å²) in [5.74, 6) is -0.266. The van der Waals surface area contributed by atoms with Crippen molar-refractivity contribution in [1.29, 1.82) is 0 Å². The van der Waals surface area contributed by atoms with Gasteiger partial charge in [-0.3, -0.25) is 0 Å². The van der Waals surface area contributed by atoms with Crippen molar-refractivity contribution in [2.24, 2.45) is 5.92 Å². The van der Waals surface area contributed by atoms with Crippen LogP contribution >= 0.6 is 0 Å². The number of hydrogen-bond acceptors (Lipinski definition) is 3. The molecule has 2 heterocycles. The normalized spacial score (nSPS) is 13.9. The summed E-state index contributed by atoms with van der Waals surface area (Å²) in [6, 6.07) is 15.8. The number of nitrogens with zero attached hydrogens (tertiary/aromatic N) is 1. The van der Waals surface area contributed by atoms with Gasteiger partial charge in [-0.25, -0.2) is 9.78 Å². The Labute approximate surface area is 162 Å². The number of H-pyrrole nitrogens is 1. The molecule has 1 fully saturated rings. The second kappa shape index (κ2) is 6.37. The van der Waals surface area contributed by atoms with Crippen LogP contribution in [0.3, 0.4) is 0 Å². The van der Waals surface area contributed by atoms with Crippen molar-refractivity contribution in [3.63, 3.8) is 0 Å². The minimum absolute atomic E-state index is 0.298. The number of anilines is 1. The molecule has 3 N–H and O–H groups in total. The fourth-order valence-corrected chi connectivity index (χ4v) is 3.74. The van der Waals surface area contributed by atoms with Crippen LogP contribution in [-0.4, -0.2) is 27.6 Å². The molecule has 0 radical (unpaired) electrons. The van der Waals surface area contributed by atoms with Gasteiger partial charge in [0, 0.05) is 34.1 Å². The second-order valence-corrected chi connectivity index (χ2v) is 7.64. The van der Waals surface area contributed by atoms with Crippen LogP contribution in [0.25, 0.3) is 33.1 Å². The lowest BCUT2D eigenvalue weighted by atomic mass is 10.0. The van der Waals surface area contributed by atoms with E-state index in [1.54, 1.807) is 12.1 Å². The highest BCUT2D eigenvalue weighted by atomic mass is 16.4. The first-order valence-electron chi connectivity index (χ1n) is 9.59. The summed E-state index contributed by atoms with van der Waals surface area (Å²) in [7, 11) is 0. The van der Waals surface area contributed by atoms with Gasteiger partial charge in [-0.05, 0) is 68.1 Å². The maximum Gasteiger partial charge on any atom is 0.337 e. The molecule has 1 aliphatic carbocycles. The number of aryl methyl sites for hydroxylation is 1. The predicted octanol–water partition coefficient (Wildman–Crippen LogP) is 5.21. The lowest BCUT2D eigenvalue weighted by Crippen LogP contribution is -2.09. The Bertz CT molecular complexity index is 1220. The van der Waals surface area contributed by atoms with E-state index < -0.39 is 5.97 Å². The van der Waals surface area contributed by atoms with Crippen molar-refractivity contribution in [3.05, 3.63) is 59.8 Å². The molecule has 0 spiro atoms. The molecule has 0 unspecified atom stereocenters. The third-order valence-electron chi connectivity index (χ3n) is 5.42. The number of nitrogens with one attached hydrogen (secondary N) is 2. The first-order valence-corrected chi connectivity index (χ1v) is 9.59. The Balaban J connectivity index is 1.59. The summed E-state index contributed by atoms with van der Waals surface area (Å²) in [6.07, 6.45) is 2.42. The van der Waals surface area contributed by atoms with E-state index >= 15 is 0 Å². The van der Waals surface area contributed by atoms with Crippen LogP contribution < -0.4 is 5.32 Å². The molecule has 5 nitrogen and oxygen atoms in total. The summed E-state index contributed by atoms with van der Waals surface area (Å²) >= 11 is 0. The number of aromatic amines is 1. The highest BCUT2D eigenvalue weighted by Gasteiger charge is 2.22. The Morgan fingerprint density at radius 2 is 2.04 bits per heavy atom. The molecule has 28 heavy (non-hydrogen) atoms. The van der Waals surface area contributed by atoms with Crippen LogP contribution in [0, 0.1) is 12.8 Å². The van der Waals surface area contributed by atoms with Gasteiger partial charge >= 0.3 is 5.97 Å². The Morgan fingerprint density at radius 1 is 1.18 bits per heavy atom. The number of hydrogen-bond donors (Lipinski definition) is 3. The lowest BCUT2D eigenvalue weighted by Gasteiger charge is -2.13. The van der Waals surface area contributed by atoms with E-state index in [1.165, 1.54) is 12.8 Å². The summed E-state index contributed by atoms with van der Waals surface area (Å²) < 4.78 is 0. The van der Waals surface area contributed by atoms with Crippen LogP contribution in [0.2, 0.25) is 0 Å². The van der Waals surface area contributed by atoms with Gasteiger partial charge in [-0.2, -0.15) is 0 Å². The van der Waals surface area contributed by atoms with Gasteiger partial charge in [0.25, 0.3) is 0 Å². The first-order chi connectivity index (χ1) is 13.6. The molecule has 4 aromatic rings. The molecule has 5 rings (SSSR count). The number of aromatic carboxylic acids is 1. The van der Waals surface area contributed by atoms with Gasteiger partial charge in [-0.1, -0.05) is 6.07 Å². The average molecular weight is 371 g/mol. The van der Waals surface area contributed by atoms with Gasteiger partial charge in [0.1, 0.15) is 0 Å². The number of carbonyl (C=O) groups is 1. The minimum Gasteiger partial charge on any atom is -0.478 e. The monoisotopic (exact) mass is 371 g/mol. The van der Waals surface area contributed by atoms with E-state index in [9.17, 15) is 9.90 Å². The standard InChI is InChI=1S/C23H21N3O2/c1-13-10-16-11-15(4-7-20(16)25-13)19-8-5-17-21(26-19)9-6-18(23(27)28)22(17)24-12-14-2-3-14/h4-11,14,24-25H,2-3,12H2,1H3,(H,27,28). The Hall–Kier alpha value is -3.34. The molecule has 2 aromatic carbocycles. The van der Waals surface area contributed by atoms with Gasteiger partial charge in [0.2, 0.25) is 0 Å². The second-order valence-electron chi connectivity index (χ2n) is 7.64. The maximum absolute atomic E-state index is 11.7. The third-order valence-corrected chi connectivity index (χ3v) is 5.42. The number of pyridine rings is 1. The van der Waals surface area contributed by atoms with Crippen molar-refractivity contribution >= 4 is 33.5 Å². The largest absolute Gasteiger partial charge is 0.478 e. The van der Waals surface area contributed by atoms with Crippen LogP contribution in [0.1, 0.15) is 28.9 Å². The molecule has 0 aliphatic heterocycles. The molecule has 0 atom stereocenters. The number of fused-ring (bicyclic) bond motifs is 2. The summed E-state index contributed by atoms with van der Waals surface area (Å²) in [5, 5.41) is 14.9. The molecular weight excluding hydrogens is 350 g/mol. The topological polar surface area (TPSA) is 78.0 Å². The molecule has 1 saturated carbocycles.